The average Bonchev–Trinajstić information content (AvgIpc) is 2.59. The first-order valence-corrected chi connectivity index (χ1v) is 6.39. The highest BCUT2D eigenvalue weighted by atomic mass is 16.5. The van der Waals surface area contributed by atoms with Gasteiger partial charge in [-0.3, -0.25) is 0 Å². The SMILES string of the molecule is CCCCOCCNC1CC2CC=CC21. The number of hydrogen-bond donors (Lipinski definition) is 1. The van der Waals surface area contributed by atoms with Crippen LogP contribution >= 0.6 is 0 Å². The van der Waals surface area contributed by atoms with E-state index in [1.54, 1.807) is 0 Å². The van der Waals surface area contributed by atoms with Crippen molar-refractivity contribution in [2.24, 2.45) is 11.8 Å². The van der Waals surface area contributed by atoms with Crippen molar-refractivity contribution in [3.63, 3.8) is 0 Å². The summed E-state index contributed by atoms with van der Waals surface area (Å²) >= 11 is 0. The lowest BCUT2D eigenvalue weighted by Crippen LogP contribution is -2.48. The summed E-state index contributed by atoms with van der Waals surface area (Å²) in [6, 6.07) is 0.739. The highest BCUT2D eigenvalue weighted by molar-refractivity contribution is 5.12. The molecule has 3 atom stereocenters. The molecular formula is C13H23NO. The topological polar surface area (TPSA) is 21.3 Å². The van der Waals surface area contributed by atoms with Crippen molar-refractivity contribution >= 4 is 0 Å². The molecule has 0 heterocycles. The van der Waals surface area contributed by atoms with Crippen LogP contribution in [0.2, 0.25) is 0 Å². The molecule has 3 unspecified atom stereocenters. The van der Waals surface area contributed by atoms with Crippen molar-refractivity contribution in [2.75, 3.05) is 19.8 Å². The minimum atomic E-state index is 0.739. The van der Waals surface area contributed by atoms with Crippen LogP contribution < -0.4 is 5.32 Å². The van der Waals surface area contributed by atoms with Crippen LogP contribution in [-0.2, 0) is 4.74 Å². The first-order chi connectivity index (χ1) is 7.42. The van der Waals surface area contributed by atoms with E-state index >= 15 is 0 Å². The molecule has 2 heteroatoms. The summed E-state index contributed by atoms with van der Waals surface area (Å²) in [5.74, 6) is 1.80. The van der Waals surface area contributed by atoms with Gasteiger partial charge in [0.1, 0.15) is 0 Å². The fourth-order valence-electron chi connectivity index (χ4n) is 2.61. The highest BCUT2D eigenvalue weighted by Gasteiger charge is 2.40. The zero-order valence-corrected chi connectivity index (χ0v) is 9.74. The second kappa shape index (κ2) is 5.66. The van der Waals surface area contributed by atoms with Gasteiger partial charge < -0.3 is 10.1 Å². The Balaban J connectivity index is 1.47. The smallest absolute Gasteiger partial charge is 0.0591 e. The van der Waals surface area contributed by atoms with Crippen molar-refractivity contribution in [1.82, 2.24) is 5.32 Å². The van der Waals surface area contributed by atoms with Crippen LogP contribution in [0, 0.1) is 11.8 Å². The van der Waals surface area contributed by atoms with Crippen molar-refractivity contribution in [3.05, 3.63) is 12.2 Å². The third kappa shape index (κ3) is 2.82. The Bertz CT molecular complexity index is 215. The molecule has 86 valence electrons. The van der Waals surface area contributed by atoms with Gasteiger partial charge in [-0.1, -0.05) is 25.5 Å². The van der Waals surface area contributed by atoms with Crippen LogP contribution in [0.4, 0.5) is 0 Å². The molecule has 0 aromatic rings. The van der Waals surface area contributed by atoms with Crippen molar-refractivity contribution in [3.8, 4) is 0 Å². The first-order valence-electron chi connectivity index (χ1n) is 6.39. The lowest BCUT2D eigenvalue weighted by molar-refractivity contribution is 0.111. The molecule has 1 saturated carbocycles. The number of ether oxygens (including phenoxy) is 1. The second-order valence-electron chi connectivity index (χ2n) is 4.76. The van der Waals surface area contributed by atoms with Gasteiger partial charge in [-0.15, -0.1) is 0 Å². The van der Waals surface area contributed by atoms with Crippen LogP contribution in [0.3, 0.4) is 0 Å². The van der Waals surface area contributed by atoms with E-state index < -0.39 is 0 Å². The number of unbranched alkanes of at least 4 members (excludes halogenated alkanes) is 1. The molecule has 0 amide bonds. The Kier molecular flexibility index (Phi) is 4.21. The Morgan fingerprint density at radius 2 is 2.33 bits per heavy atom. The molecule has 2 nitrogen and oxygen atoms in total. The standard InChI is InChI=1S/C13H23NO/c1-2-3-8-15-9-7-14-13-10-11-5-4-6-12(11)13/h4,6,11-14H,2-3,5,7-10H2,1H3. The van der Waals surface area contributed by atoms with E-state index in [1.807, 2.05) is 0 Å². The van der Waals surface area contributed by atoms with Gasteiger partial charge in [0.25, 0.3) is 0 Å². The van der Waals surface area contributed by atoms with E-state index in [4.69, 9.17) is 4.74 Å². The van der Waals surface area contributed by atoms with Gasteiger partial charge in [0, 0.05) is 19.2 Å². The fraction of sp³-hybridized carbons (Fsp3) is 0.846. The number of nitrogens with one attached hydrogen (secondary N) is 1. The van der Waals surface area contributed by atoms with Gasteiger partial charge in [0.05, 0.1) is 6.61 Å². The van der Waals surface area contributed by atoms with Crippen LogP contribution in [0.15, 0.2) is 12.2 Å². The van der Waals surface area contributed by atoms with E-state index in [1.165, 1.54) is 25.7 Å². The normalized spacial score (nSPS) is 32.7. The zero-order chi connectivity index (χ0) is 10.5. The van der Waals surface area contributed by atoms with Gasteiger partial charge in [-0.2, -0.15) is 0 Å². The number of fused-ring (bicyclic) bond motifs is 1. The van der Waals surface area contributed by atoms with Crippen LogP contribution in [0.25, 0.3) is 0 Å². The van der Waals surface area contributed by atoms with E-state index in [-0.39, 0.29) is 0 Å². The molecule has 0 radical (unpaired) electrons. The molecule has 0 spiro atoms. The summed E-state index contributed by atoms with van der Waals surface area (Å²) in [5, 5.41) is 3.59. The third-order valence-corrected chi connectivity index (χ3v) is 3.66. The average molecular weight is 209 g/mol. The summed E-state index contributed by atoms with van der Waals surface area (Å²) in [7, 11) is 0. The quantitative estimate of drug-likeness (QED) is 0.513. The van der Waals surface area contributed by atoms with Crippen molar-refractivity contribution in [1.29, 1.82) is 0 Å². The fourth-order valence-corrected chi connectivity index (χ4v) is 2.61. The molecule has 0 aromatic heterocycles. The Labute approximate surface area is 93.1 Å². The van der Waals surface area contributed by atoms with Gasteiger partial charge in [0.2, 0.25) is 0 Å². The zero-order valence-electron chi connectivity index (χ0n) is 9.74. The molecule has 0 aliphatic heterocycles. The Morgan fingerprint density at radius 1 is 1.40 bits per heavy atom. The molecule has 2 aliphatic carbocycles. The summed E-state index contributed by atoms with van der Waals surface area (Å²) in [4.78, 5) is 0. The van der Waals surface area contributed by atoms with Gasteiger partial charge in [-0.25, -0.2) is 0 Å². The summed E-state index contributed by atoms with van der Waals surface area (Å²) in [6.07, 6.45) is 9.84. The minimum Gasteiger partial charge on any atom is -0.380 e. The number of allylic oxidation sites excluding steroid dienone is 1. The van der Waals surface area contributed by atoms with Gasteiger partial charge in [0.15, 0.2) is 0 Å². The van der Waals surface area contributed by atoms with E-state index in [9.17, 15) is 0 Å². The first kappa shape index (κ1) is 11.2. The molecule has 0 saturated heterocycles. The lowest BCUT2D eigenvalue weighted by atomic mass is 9.71. The molecule has 2 rings (SSSR count). The molecule has 15 heavy (non-hydrogen) atoms. The van der Waals surface area contributed by atoms with Crippen LogP contribution in [0.5, 0.6) is 0 Å². The summed E-state index contributed by atoms with van der Waals surface area (Å²) in [5.41, 5.74) is 0. The summed E-state index contributed by atoms with van der Waals surface area (Å²) < 4.78 is 5.52. The molecule has 1 N–H and O–H groups in total. The summed E-state index contributed by atoms with van der Waals surface area (Å²) in [6.45, 7) is 5.01. The maximum absolute atomic E-state index is 5.52. The minimum absolute atomic E-state index is 0.739. The lowest BCUT2D eigenvalue weighted by Gasteiger charge is -2.40. The molecule has 0 aromatic carbocycles. The predicted octanol–water partition coefficient (Wildman–Crippen LogP) is 2.36. The number of rotatable bonds is 7. The van der Waals surface area contributed by atoms with Gasteiger partial charge >= 0.3 is 0 Å². The maximum Gasteiger partial charge on any atom is 0.0591 e. The monoisotopic (exact) mass is 209 g/mol. The number of hydrogen-bond acceptors (Lipinski definition) is 2. The maximum atomic E-state index is 5.52. The predicted molar refractivity (Wildman–Crippen MR) is 62.9 cm³/mol. The molecule has 2 aliphatic rings. The highest BCUT2D eigenvalue weighted by Crippen LogP contribution is 2.42. The van der Waals surface area contributed by atoms with E-state index in [0.717, 1.165) is 37.6 Å². The van der Waals surface area contributed by atoms with E-state index in [2.05, 4.69) is 24.4 Å². The van der Waals surface area contributed by atoms with Crippen LogP contribution in [-0.4, -0.2) is 25.8 Å². The van der Waals surface area contributed by atoms with Crippen LogP contribution in [0.1, 0.15) is 32.6 Å². The van der Waals surface area contributed by atoms with Crippen molar-refractivity contribution < 1.29 is 4.74 Å². The largest absolute Gasteiger partial charge is 0.380 e. The molecule has 0 bridgehead atoms. The van der Waals surface area contributed by atoms with E-state index in [0.29, 0.717) is 0 Å². The molecular weight excluding hydrogens is 186 g/mol. The van der Waals surface area contributed by atoms with Gasteiger partial charge in [-0.05, 0) is 31.1 Å². The Hall–Kier alpha value is -0.340. The Morgan fingerprint density at radius 3 is 3.13 bits per heavy atom. The molecule has 1 fully saturated rings. The third-order valence-electron chi connectivity index (χ3n) is 3.66. The second-order valence-corrected chi connectivity index (χ2v) is 4.76. The van der Waals surface area contributed by atoms with Crippen molar-refractivity contribution in [2.45, 2.75) is 38.6 Å².